The number of ether oxygens (including phenoxy) is 4. The summed E-state index contributed by atoms with van der Waals surface area (Å²) in [6.45, 7) is 4.97. The van der Waals surface area contributed by atoms with Crippen molar-refractivity contribution in [3.63, 3.8) is 0 Å². The number of methoxy groups -OCH3 is 1. The van der Waals surface area contributed by atoms with Crippen molar-refractivity contribution < 1.29 is 33.4 Å². The van der Waals surface area contributed by atoms with Gasteiger partial charge in [0.1, 0.15) is 34.3 Å². The average Bonchev–Trinajstić information content (AvgIpc) is 3.49. The van der Waals surface area contributed by atoms with Crippen LogP contribution in [0.4, 0.5) is 0 Å². The summed E-state index contributed by atoms with van der Waals surface area (Å²) in [4.78, 5) is 12.2. The molecule has 1 aromatic heterocycles. The quantitative estimate of drug-likeness (QED) is 0.146. The summed E-state index contributed by atoms with van der Waals surface area (Å²) in [6, 6.07) is 17.8. The van der Waals surface area contributed by atoms with Crippen molar-refractivity contribution in [3.8, 4) is 40.1 Å². The molecule has 0 saturated heterocycles. The number of aromatic hydroxyl groups is 1. The number of phenolic OH excluding ortho intramolecular Hbond substituents is 1. The van der Waals surface area contributed by atoms with Crippen molar-refractivity contribution in [1.29, 1.82) is 0 Å². The molecule has 8 heteroatoms. The lowest BCUT2D eigenvalue weighted by Crippen LogP contribution is -2.08. The van der Waals surface area contributed by atoms with Gasteiger partial charge in [0, 0.05) is 24.1 Å². The highest BCUT2D eigenvalue weighted by molar-refractivity contribution is 5.92. The van der Waals surface area contributed by atoms with E-state index in [1.807, 2.05) is 37.3 Å². The summed E-state index contributed by atoms with van der Waals surface area (Å²) in [5.74, 6) is 2.54. The number of carbonyl (C=O) groups is 1. The van der Waals surface area contributed by atoms with E-state index >= 15 is 0 Å². The van der Waals surface area contributed by atoms with Gasteiger partial charge in [-0.1, -0.05) is 43.6 Å². The topological polar surface area (TPSA) is 100 Å². The molecule has 0 aliphatic carbocycles. The predicted molar refractivity (Wildman–Crippen MR) is 147 cm³/mol. The molecular weight excluding hydrogens is 498 g/mol. The number of para-hydroxylation sites is 1. The normalized spacial score (nSPS) is 10.7. The first-order chi connectivity index (χ1) is 19.0. The van der Waals surface area contributed by atoms with Crippen LogP contribution in [0.5, 0.6) is 28.7 Å². The molecule has 4 rings (SSSR count). The van der Waals surface area contributed by atoms with E-state index in [0.717, 1.165) is 36.1 Å². The SMILES string of the molecule is CCCc1c(OCCCOc2cc(O)c(-c3ccno3)cc2CC)cccc1Oc1ccccc1C(=O)OC. The molecule has 39 heavy (non-hydrogen) atoms. The average molecular weight is 532 g/mol. The Kier molecular flexibility index (Phi) is 9.45. The van der Waals surface area contributed by atoms with Crippen LogP contribution in [0.1, 0.15) is 48.2 Å². The minimum Gasteiger partial charge on any atom is -0.507 e. The summed E-state index contributed by atoms with van der Waals surface area (Å²) in [7, 11) is 1.35. The number of aryl methyl sites for hydroxylation is 1. The molecule has 0 fully saturated rings. The van der Waals surface area contributed by atoms with Crippen LogP contribution in [0.3, 0.4) is 0 Å². The largest absolute Gasteiger partial charge is 0.507 e. The van der Waals surface area contributed by atoms with Crippen LogP contribution < -0.4 is 14.2 Å². The van der Waals surface area contributed by atoms with E-state index in [0.29, 0.717) is 53.8 Å². The van der Waals surface area contributed by atoms with Gasteiger partial charge >= 0.3 is 5.97 Å². The van der Waals surface area contributed by atoms with Crippen LogP contribution in [0.15, 0.2) is 71.4 Å². The third kappa shape index (κ3) is 6.71. The Morgan fingerprint density at radius 3 is 2.38 bits per heavy atom. The lowest BCUT2D eigenvalue weighted by molar-refractivity contribution is 0.0598. The molecular formula is C31H33NO7. The third-order valence-electron chi connectivity index (χ3n) is 6.17. The molecule has 0 radical (unpaired) electrons. The third-order valence-corrected chi connectivity index (χ3v) is 6.17. The highest BCUT2D eigenvalue weighted by Crippen LogP contribution is 2.36. The van der Waals surface area contributed by atoms with Crippen LogP contribution >= 0.6 is 0 Å². The number of carbonyl (C=O) groups excluding carboxylic acids is 1. The minimum absolute atomic E-state index is 0.0741. The fourth-order valence-corrected chi connectivity index (χ4v) is 4.23. The zero-order valence-electron chi connectivity index (χ0n) is 22.4. The van der Waals surface area contributed by atoms with Gasteiger partial charge in [-0.05, 0) is 48.7 Å². The molecule has 0 unspecified atom stereocenters. The van der Waals surface area contributed by atoms with Gasteiger partial charge in [-0.2, -0.15) is 0 Å². The van der Waals surface area contributed by atoms with Gasteiger partial charge in [0.05, 0.1) is 32.1 Å². The molecule has 0 saturated carbocycles. The first-order valence-corrected chi connectivity index (χ1v) is 13.0. The van der Waals surface area contributed by atoms with Gasteiger partial charge in [0.2, 0.25) is 0 Å². The van der Waals surface area contributed by atoms with E-state index in [-0.39, 0.29) is 5.75 Å². The molecule has 0 aliphatic rings. The molecule has 1 N–H and O–H groups in total. The van der Waals surface area contributed by atoms with E-state index in [2.05, 4.69) is 12.1 Å². The number of hydrogen-bond donors (Lipinski definition) is 1. The summed E-state index contributed by atoms with van der Waals surface area (Å²) >= 11 is 0. The van der Waals surface area contributed by atoms with Crippen molar-refractivity contribution in [3.05, 3.63) is 83.6 Å². The fraction of sp³-hybridized carbons (Fsp3) is 0.290. The zero-order chi connectivity index (χ0) is 27.6. The highest BCUT2D eigenvalue weighted by Gasteiger charge is 2.17. The van der Waals surface area contributed by atoms with E-state index in [1.54, 1.807) is 36.5 Å². The van der Waals surface area contributed by atoms with Crippen LogP contribution in [0, 0.1) is 0 Å². The second-order valence-electron chi connectivity index (χ2n) is 8.83. The number of phenols is 1. The maximum Gasteiger partial charge on any atom is 0.341 e. The Labute approximate surface area is 228 Å². The van der Waals surface area contributed by atoms with Crippen LogP contribution in [-0.4, -0.2) is 36.6 Å². The Bertz CT molecular complexity index is 1380. The fourth-order valence-electron chi connectivity index (χ4n) is 4.23. The first-order valence-electron chi connectivity index (χ1n) is 13.0. The monoisotopic (exact) mass is 531 g/mol. The number of rotatable bonds is 13. The summed E-state index contributed by atoms with van der Waals surface area (Å²) in [5, 5.41) is 14.2. The van der Waals surface area contributed by atoms with Crippen LogP contribution in [0.25, 0.3) is 11.3 Å². The molecule has 0 atom stereocenters. The molecule has 8 nitrogen and oxygen atoms in total. The number of nitrogens with zero attached hydrogens (tertiary/aromatic N) is 1. The zero-order valence-corrected chi connectivity index (χ0v) is 22.4. The van der Waals surface area contributed by atoms with Gasteiger partial charge in [-0.25, -0.2) is 4.79 Å². The van der Waals surface area contributed by atoms with Crippen molar-refractivity contribution in [2.45, 2.75) is 39.5 Å². The molecule has 1 heterocycles. The highest BCUT2D eigenvalue weighted by atomic mass is 16.5. The van der Waals surface area contributed by atoms with E-state index < -0.39 is 5.97 Å². The van der Waals surface area contributed by atoms with Crippen LogP contribution in [0.2, 0.25) is 0 Å². The summed E-state index contributed by atoms with van der Waals surface area (Å²) in [5.41, 5.74) is 2.83. The van der Waals surface area contributed by atoms with E-state index in [4.69, 9.17) is 23.5 Å². The molecule has 0 bridgehead atoms. The standard InChI is InChI=1S/C31H33NO7/c1-4-10-22-26(13-8-14-27(22)38-28-12-7-6-11-23(28)31(34)35-3)36-17-9-18-37-30-20-25(33)24(19-21(30)5-2)29-15-16-32-39-29/h6-8,11-16,19-20,33H,4-5,9-10,17-18H2,1-3H3. The van der Waals surface area contributed by atoms with Crippen molar-refractivity contribution in [2.24, 2.45) is 0 Å². The molecule has 0 aliphatic heterocycles. The Balaban J connectivity index is 1.40. The Morgan fingerprint density at radius 1 is 0.923 bits per heavy atom. The van der Waals surface area contributed by atoms with Crippen LogP contribution in [-0.2, 0) is 17.6 Å². The van der Waals surface area contributed by atoms with Crippen molar-refractivity contribution >= 4 is 5.97 Å². The predicted octanol–water partition coefficient (Wildman–Crippen LogP) is 6.99. The maximum atomic E-state index is 12.2. The smallest absolute Gasteiger partial charge is 0.341 e. The summed E-state index contributed by atoms with van der Waals surface area (Å²) < 4.78 is 28.4. The van der Waals surface area contributed by atoms with Crippen molar-refractivity contribution in [2.75, 3.05) is 20.3 Å². The van der Waals surface area contributed by atoms with E-state index in [1.165, 1.54) is 7.11 Å². The van der Waals surface area contributed by atoms with Gasteiger partial charge in [0.25, 0.3) is 0 Å². The molecule has 0 spiro atoms. The Hall–Kier alpha value is -4.46. The van der Waals surface area contributed by atoms with Gasteiger partial charge in [-0.3, -0.25) is 0 Å². The second kappa shape index (κ2) is 13.4. The second-order valence-corrected chi connectivity index (χ2v) is 8.83. The molecule has 3 aromatic carbocycles. The number of aromatic nitrogens is 1. The minimum atomic E-state index is -0.456. The van der Waals surface area contributed by atoms with Gasteiger partial charge < -0.3 is 28.6 Å². The van der Waals surface area contributed by atoms with Crippen molar-refractivity contribution in [1.82, 2.24) is 5.16 Å². The lowest BCUT2D eigenvalue weighted by atomic mass is 10.0. The number of esters is 1. The Morgan fingerprint density at radius 2 is 1.67 bits per heavy atom. The summed E-state index contributed by atoms with van der Waals surface area (Å²) in [6.07, 6.45) is 4.56. The molecule has 4 aromatic rings. The lowest BCUT2D eigenvalue weighted by Gasteiger charge is -2.17. The molecule has 204 valence electrons. The maximum absolute atomic E-state index is 12.2. The van der Waals surface area contributed by atoms with Gasteiger partial charge in [-0.15, -0.1) is 0 Å². The number of benzene rings is 3. The first kappa shape index (κ1) is 27.6. The number of hydrogen-bond acceptors (Lipinski definition) is 8. The molecule has 0 amide bonds. The van der Waals surface area contributed by atoms with Gasteiger partial charge in [0.15, 0.2) is 5.76 Å². The van der Waals surface area contributed by atoms with E-state index in [9.17, 15) is 9.90 Å².